The second-order valence-corrected chi connectivity index (χ2v) is 5.04. The second kappa shape index (κ2) is 6.34. The minimum atomic E-state index is -3.68. The summed E-state index contributed by atoms with van der Waals surface area (Å²) in [4.78, 5) is 11.2. The van der Waals surface area contributed by atoms with Crippen LogP contribution >= 0.6 is 0 Å². The highest BCUT2D eigenvalue weighted by molar-refractivity contribution is 7.89. The number of nitrogens with two attached hydrogens (primary N) is 1. The number of carbonyl (C=O) groups is 1. The molecular weight excluding hydrogens is 258 g/mol. The summed E-state index contributed by atoms with van der Waals surface area (Å²) in [6, 6.07) is 5.57. The van der Waals surface area contributed by atoms with E-state index in [4.69, 9.17) is 5.14 Å². The van der Waals surface area contributed by atoms with Gasteiger partial charge in [0, 0.05) is 13.7 Å². The van der Waals surface area contributed by atoms with Gasteiger partial charge in [-0.15, -0.1) is 0 Å². The Kier molecular flexibility index (Phi) is 5.08. The van der Waals surface area contributed by atoms with Crippen molar-refractivity contribution in [1.29, 1.82) is 0 Å². The number of rotatable bonds is 5. The zero-order chi connectivity index (χ0) is 13.6. The summed E-state index contributed by atoms with van der Waals surface area (Å²) in [5.74, 6) is 0. The molecule has 4 N–H and O–H groups in total. The summed E-state index contributed by atoms with van der Waals surface area (Å²) in [6.45, 7) is 0.399. The Morgan fingerprint density at radius 1 is 1.28 bits per heavy atom. The lowest BCUT2D eigenvalue weighted by molar-refractivity contribution is 0.172. The summed E-state index contributed by atoms with van der Waals surface area (Å²) < 4.78 is 26.7. The van der Waals surface area contributed by atoms with E-state index >= 15 is 0 Å². The third-order valence-corrected chi connectivity index (χ3v) is 3.01. The molecule has 7 nitrogen and oxygen atoms in total. The molecule has 0 atom stereocenters. The minimum Gasteiger partial charge on any atom is -0.364 e. The Labute approximate surface area is 105 Å². The van der Waals surface area contributed by atoms with Crippen molar-refractivity contribution < 1.29 is 17.9 Å². The van der Waals surface area contributed by atoms with Gasteiger partial charge in [0.15, 0.2) is 0 Å². The molecule has 1 aromatic carbocycles. The van der Waals surface area contributed by atoms with Crippen LogP contribution in [0.4, 0.5) is 4.79 Å². The molecule has 2 amide bonds. The number of methoxy groups -OCH3 is 1. The standard InChI is InChI=1S/C10H15N3O4S/c1-17-7-13-10(14)12-6-8-2-4-9(5-3-8)18(11,15)16/h2-5H,6-7H2,1H3,(H2,11,15,16)(H2,12,13,14). The van der Waals surface area contributed by atoms with Crippen LogP contribution in [0.3, 0.4) is 0 Å². The van der Waals surface area contributed by atoms with E-state index in [0.717, 1.165) is 5.56 Å². The van der Waals surface area contributed by atoms with Crippen molar-refractivity contribution >= 4 is 16.1 Å². The van der Waals surface area contributed by atoms with Gasteiger partial charge in [0.1, 0.15) is 6.73 Å². The second-order valence-electron chi connectivity index (χ2n) is 3.48. The molecule has 0 unspecified atom stereocenters. The van der Waals surface area contributed by atoms with Crippen molar-refractivity contribution in [3.8, 4) is 0 Å². The van der Waals surface area contributed by atoms with E-state index in [1.165, 1.54) is 19.2 Å². The first-order valence-electron chi connectivity index (χ1n) is 5.06. The first kappa shape index (κ1) is 14.4. The molecule has 0 fully saturated rings. The van der Waals surface area contributed by atoms with Gasteiger partial charge in [-0.3, -0.25) is 0 Å². The number of hydrogen-bond acceptors (Lipinski definition) is 4. The molecule has 0 aliphatic carbocycles. The van der Waals surface area contributed by atoms with Gasteiger partial charge >= 0.3 is 6.03 Å². The fraction of sp³-hybridized carbons (Fsp3) is 0.300. The van der Waals surface area contributed by atoms with Gasteiger partial charge in [0.2, 0.25) is 10.0 Å². The topological polar surface area (TPSA) is 111 Å². The summed E-state index contributed by atoms with van der Waals surface area (Å²) in [6.07, 6.45) is 0. The van der Waals surface area contributed by atoms with Crippen molar-refractivity contribution in [2.24, 2.45) is 5.14 Å². The number of carbonyl (C=O) groups excluding carboxylic acids is 1. The Hall–Kier alpha value is -1.64. The molecule has 0 saturated carbocycles. The SMILES string of the molecule is COCNC(=O)NCc1ccc(S(N)(=O)=O)cc1. The summed E-state index contributed by atoms with van der Waals surface area (Å²) in [5.41, 5.74) is 0.759. The molecule has 1 aromatic rings. The molecule has 8 heteroatoms. The van der Waals surface area contributed by atoms with Crippen LogP contribution in [0.1, 0.15) is 5.56 Å². The molecule has 0 aliphatic rings. The normalized spacial score (nSPS) is 11.0. The lowest BCUT2D eigenvalue weighted by Gasteiger charge is -2.07. The van der Waals surface area contributed by atoms with Gasteiger partial charge < -0.3 is 15.4 Å². The molecule has 1 rings (SSSR count). The molecule has 18 heavy (non-hydrogen) atoms. The van der Waals surface area contributed by atoms with Gasteiger partial charge in [-0.25, -0.2) is 18.4 Å². The van der Waals surface area contributed by atoms with Crippen molar-refractivity contribution in [3.05, 3.63) is 29.8 Å². The largest absolute Gasteiger partial charge is 0.364 e. The molecule has 0 radical (unpaired) electrons. The molecular formula is C10H15N3O4S. The van der Waals surface area contributed by atoms with E-state index in [0.29, 0.717) is 0 Å². The van der Waals surface area contributed by atoms with E-state index in [2.05, 4.69) is 15.4 Å². The lowest BCUT2D eigenvalue weighted by atomic mass is 10.2. The molecule has 0 aromatic heterocycles. The highest BCUT2D eigenvalue weighted by Crippen LogP contribution is 2.08. The average Bonchev–Trinajstić information content (AvgIpc) is 2.33. The van der Waals surface area contributed by atoms with Gasteiger partial charge in [-0.2, -0.15) is 0 Å². The summed E-state index contributed by atoms with van der Waals surface area (Å²) >= 11 is 0. The first-order valence-corrected chi connectivity index (χ1v) is 6.60. The fourth-order valence-electron chi connectivity index (χ4n) is 1.18. The van der Waals surface area contributed by atoms with Gasteiger partial charge in [0.05, 0.1) is 4.90 Å². The quantitative estimate of drug-likeness (QED) is 0.642. The number of ether oxygens (including phenoxy) is 1. The van der Waals surface area contributed by atoms with Crippen LogP contribution in [0, 0.1) is 0 Å². The van der Waals surface area contributed by atoms with Crippen molar-refractivity contribution in [3.63, 3.8) is 0 Å². The Balaban J connectivity index is 2.52. The number of urea groups is 1. The van der Waals surface area contributed by atoms with Crippen LogP contribution in [0.5, 0.6) is 0 Å². The zero-order valence-corrected chi connectivity index (χ0v) is 10.7. The fourth-order valence-corrected chi connectivity index (χ4v) is 1.69. The number of sulfonamides is 1. The molecule has 0 bridgehead atoms. The van der Waals surface area contributed by atoms with Crippen LogP contribution in [0.15, 0.2) is 29.2 Å². The number of primary sulfonamides is 1. The smallest absolute Gasteiger partial charge is 0.316 e. The number of hydrogen-bond donors (Lipinski definition) is 3. The van der Waals surface area contributed by atoms with Crippen LogP contribution in [0.25, 0.3) is 0 Å². The van der Waals surface area contributed by atoms with Crippen LogP contribution in [-0.4, -0.2) is 28.3 Å². The maximum Gasteiger partial charge on any atom is 0.316 e. The molecule has 0 heterocycles. The highest BCUT2D eigenvalue weighted by Gasteiger charge is 2.06. The van der Waals surface area contributed by atoms with Crippen LogP contribution in [0.2, 0.25) is 0 Å². The van der Waals surface area contributed by atoms with E-state index in [1.807, 2.05) is 0 Å². The summed E-state index contributed by atoms with van der Waals surface area (Å²) in [7, 11) is -2.21. The van der Waals surface area contributed by atoms with Crippen LogP contribution in [-0.2, 0) is 21.3 Å². The van der Waals surface area contributed by atoms with E-state index in [1.54, 1.807) is 12.1 Å². The van der Waals surface area contributed by atoms with Gasteiger partial charge in [-0.05, 0) is 17.7 Å². The Morgan fingerprint density at radius 3 is 2.39 bits per heavy atom. The predicted molar refractivity (Wildman–Crippen MR) is 65.1 cm³/mol. The van der Waals surface area contributed by atoms with Crippen molar-refractivity contribution in [2.45, 2.75) is 11.4 Å². The summed E-state index contributed by atoms with van der Waals surface area (Å²) in [5, 5.41) is 9.99. The maximum absolute atomic E-state index is 11.2. The van der Waals surface area contributed by atoms with E-state index in [-0.39, 0.29) is 24.2 Å². The predicted octanol–water partition coefficient (Wildman–Crippen LogP) is -0.263. The van der Waals surface area contributed by atoms with Crippen molar-refractivity contribution in [1.82, 2.24) is 10.6 Å². The zero-order valence-electron chi connectivity index (χ0n) is 9.84. The minimum absolute atomic E-state index is 0.0371. The third-order valence-electron chi connectivity index (χ3n) is 2.08. The average molecular weight is 273 g/mol. The Morgan fingerprint density at radius 2 is 1.89 bits per heavy atom. The number of benzene rings is 1. The molecule has 0 saturated heterocycles. The number of nitrogens with one attached hydrogen (secondary N) is 2. The lowest BCUT2D eigenvalue weighted by Crippen LogP contribution is -2.36. The molecule has 0 aliphatic heterocycles. The van der Waals surface area contributed by atoms with E-state index < -0.39 is 10.0 Å². The van der Waals surface area contributed by atoms with Crippen LogP contribution < -0.4 is 15.8 Å². The maximum atomic E-state index is 11.2. The highest BCUT2D eigenvalue weighted by atomic mass is 32.2. The van der Waals surface area contributed by atoms with Gasteiger partial charge in [0.25, 0.3) is 0 Å². The Bertz CT molecular complexity index is 498. The molecule has 0 spiro atoms. The third kappa shape index (κ3) is 4.70. The number of amides is 2. The monoisotopic (exact) mass is 273 g/mol. The first-order chi connectivity index (χ1) is 8.43. The van der Waals surface area contributed by atoms with Gasteiger partial charge in [-0.1, -0.05) is 12.1 Å². The molecule has 100 valence electrons. The van der Waals surface area contributed by atoms with E-state index in [9.17, 15) is 13.2 Å². The van der Waals surface area contributed by atoms with Crippen molar-refractivity contribution in [2.75, 3.05) is 13.8 Å².